The van der Waals surface area contributed by atoms with Gasteiger partial charge < -0.3 is 14.6 Å². The summed E-state index contributed by atoms with van der Waals surface area (Å²) in [6, 6.07) is 3.74. The van der Waals surface area contributed by atoms with Gasteiger partial charge in [-0.15, -0.1) is 0 Å². The molecule has 3 heterocycles. The molecule has 0 atom stereocenters. The number of furan rings is 1. The molecule has 2 aromatic heterocycles. The summed E-state index contributed by atoms with van der Waals surface area (Å²) in [5.74, 6) is 0.708. The summed E-state index contributed by atoms with van der Waals surface area (Å²) in [5, 5.41) is 3.83. The molecule has 5 heteroatoms. The van der Waals surface area contributed by atoms with Crippen molar-refractivity contribution in [3.63, 3.8) is 0 Å². The van der Waals surface area contributed by atoms with Gasteiger partial charge in [-0.2, -0.15) is 0 Å². The molecule has 2 amide bonds. The zero-order valence-corrected chi connectivity index (χ0v) is 11.9. The first-order valence-electron chi connectivity index (χ1n) is 6.86. The molecule has 108 valence electrons. The molecule has 2 aromatic rings. The number of hydrogen-bond donors (Lipinski definition) is 1. The third kappa shape index (κ3) is 2.67. The van der Waals surface area contributed by atoms with Crippen molar-refractivity contribution < 1.29 is 9.21 Å². The van der Waals surface area contributed by atoms with Crippen LogP contribution in [0, 0.1) is 0 Å². The van der Waals surface area contributed by atoms with Crippen molar-refractivity contribution >= 4 is 18.7 Å². The van der Waals surface area contributed by atoms with Gasteiger partial charge in [0.25, 0.3) is 0 Å². The third-order valence-corrected chi connectivity index (χ3v) is 3.63. The number of amides is 2. The predicted octanol–water partition coefficient (Wildman–Crippen LogP) is 1.11. The minimum absolute atomic E-state index is 0.102. The SMILES string of the molecule is C=c1oc(CNC(=O)N2Cc3ccncc3C2)c/c1=C/C. The Morgan fingerprint density at radius 2 is 2.33 bits per heavy atom. The summed E-state index contributed by atoms with van der Waals surface area (Å²) in [7, 11) is 0. The summed E-state index contributed by atoms with van der Waals surface area (Å²) >= 11 is 0. The van der Waals surface area contributed by atoms with Crippen LogP contribution >= 0.6 is 0 Å². The Morgan fingerprint density at radius 1 is 1.52 bits per heavy atom. The molecule has 0 radical (unpaired) electrons. The third-order valence-electron chi connectivity index (χ3n) is 3.63. The van der Waals surface area contributed by atoms with Crippen LogP contribution < -0.4 is 16.0 Å². The fourth-order valence-electron chi connectivity index (χ4n) is 2.47. The predicted molar refractivity (Wildman–Crippen MR) is 79.3 cm³/mol. The second-order valence-electron chi connectivity index (χ2n) is 5.04. The van der Waals surface area contributed by atoms with Crippen LogP contribution in [0.2, 0.25) is 0 Å². The van der Waals surface area contributed by atoms with Crippen molar-refractivity contribution in [2.45, 2.75) is 26.6 Å². The van der Waals surface area contributed by atoms with Gasteiger partial charge in [-0.25, -0.2) is 4.79 Å². The maximum Gasteiger partial charge on any atom is 0.318 e. The van der Waals surface area contributed by atoms with E-state index in [0.29, 0.717) is 30.8 Å². The molecule has 0 aliphatic carbocycles. The minimum Gasteiger partial charge on any atom is -0.460 e. The summed E-state index contributed by atoms with van der Waals surface area (Å²) in [5.41, 5.74) is 2.89. The lowest BCUT2D eigenvalue weighted by molar-refractivity contribution is 0.197. The lowest BCUT2D eigenvalue weighted by atomic mass is 10.2. The second-order valence-corrected chi connectivity index (χ2v) is 5.04. The van der Waals surface area contributed by atoms with Gasteiger partial charge >= 0.3 is 6.03 Å². The standard InChI is InChI=1S/C16H17N3O2/c1-3-12-6-15(21-11(12)2)8-18-16(20)19-9-13-4-5-17-7-14(13)10-19/h3-7H,2,8-10H2,1H3,(H,18,20)/b12-3-. The average molecular weight is 283 g/mol. The molecule has 0 aromatic carbocycles. The molecule has 3 rings (SSSR count). The molecule has 0 saturated carbocycles. The molecule has 0 saturated heterocycles. The van der Waals surface area contributed by atoms with Gasteiger partial charge in [-0.05, 0) is 30.2 Å². The Labute approximate surface area is 122 Å². The van der Waals surface area contributed by atoms with E-state index in [1.807, 2.05) is 31.3 Å². The first-order valence-corrected chi connectivity index (χ1v) is 6.86. The maximum absolute atomic E-state index is 12.2. The van der Waals surface area contributed by atoms with Gasteiger partial charge in [0.1, 0.15) is 11.2 Å². The van der Waals surface area contributed by atoms with E-state index >= 15 is 0 Å². The molecule has 1 aliphatic rings. The molecular weight excluding hydrogens is 266 g/mol. The average Bonchev–Trinajstić information content (AvgIpc) is 3.07. The number of nitrogens with one attached hydrogen (secondary N) is 1. The smallest absolute Gasteiger partial charge is 0.318 e. The normalized spacial score (nSPS) is 14.3. The van der Waals surface area contributed by atoms with Crippen LogP contribution in [0.4, 0.5) is 4.79 Å². The van der Waals surface area contributed by atoms with Gasteiger partial charge in [0, 0.05) is 30.7 Å². The highest BCUT2D eigenvalue weighted by atomic mass is 16.3. The topological polar surface area (TPSA) is 58.4 Å². The number of aromatic nitrogens is 1. The highest BCUT2D eigenvalue weighted by Crippen LogP contribution is 2.20. The summed E-state index contributed by atoms with van der Waals surface area (Å²) in [6.07, 6.45) is 5.50. The van der Waals surface area contributed by atoms with Gasteiger partial charge in [0.15, 0.2) is 0 Å². The highest BCUT2D eigenvalue weighted by Gasteiger charge is 2.23. The Balaban J connectivity index is 1.62. The number of urea groups is 1. The van der Waals surface area contributed by atoms with Crippen LogP contribution in [0.5, 0.6) is 0 Å². The molecule has 0 unspecified atom stereocenters. The number of fused-ring (bicyclic) bond motifs is 1. The fraction of sp³-hybridized carbons (Fsp3) is 0.250. The molecule has 5 nitrogen and oxygen atoms in total. The van der Waals surface area contributed by atoms with E-state index in [1.165, 1.54) is 0 Å². The van der Waals surface area contributed by atoms with Crippen LogP contribution in [-0.2, 0) is 19.6 Å². The van der Waals surface area contributed by atoms with E-state index in [-0.39, 0.29) is 6.03 Å². The second kappa shape index (κ2) is 5.44. The maximum atomic E-state index is 12.2. The molecule has 0 spiro atoms. The van der Waals surface area contributed by atoms with Crippen molar-refractivity contribution in [3.05, 3.63) is 52.0 Å². The molecule has 0 fully saturated rings. The molecule has 1 N–H and O–H groups in total. The van der Waals surface area contributed by atoms with Crippen LogP contribution in [-0.4, -0.2) is 15.9 Å². The van der Waals surface area contributed by atoms with Crippen molar-refractivity contribution in [1.82, 2.24) is 15.2 Å². The molecular formula is C16H17N3O2. The Hall–Kier alpha value is -2.56. The van der Waals surface area contributed by atoms with E-state index in [1.54, 1.807) is 11.1 Å². The lowest BCUT2D eigenvalue weighted by Crippen LogP contribution is -2.35. The Morgan fingerprint density at radius 3 is 3.05 bits per heavy atom. The van der Waals surface area contributed by atoms with Gasteiger partial charge in [-0.1, -0.05) is 12.7 Å². The first-order chi connectivity index (χ1) is 10.2. The minimum atomic E-state index is -0.102. The van der Waals surface area contributed by atoms with E-state index in [2.05, 4.69) is 16.9 Å². The summed E-state index contributed by atoms with van der Waals surface area (Å²) in [4.78, 5) is 18.0. The molecule has 21 heavy (non-hydrogen) atoms. The number of carbonyl (C=O) groups excluding carboxylic acids is 1. The van der Waals surface area contributed by atoms with E-state index < -0.39 is 0 Å². The zero-order chi connectivity index (χ0) is 14.8. The van der Waals surface area contributed by atoms with Gasteiger partial charge in [0.05, 0.1) is 6.54 Å². The van der Waals surface area contributed by atoms with Gasteiger partial charge in [-0.3, -0.25) is 4.98 Å². The van der Waals surface area contributed by atoms with Crippen LogP contribution in [0.25, 0.3) is 12.7 Å². The molecule has 0 bridgehead atoms. The number of rotatable bonds is 2. The number of hydrogen-bond acceptors (Lipinski definition) is 3. The lowest BCUT2D eigenvalue weighted by Gasteiger charge is -2.15. The van der Waals surface area contributed by atoms with E-state index in [9.17, 15) is 4.79 Å². The fourth-order valence-corrected chi connectivity index (χ4v) is 2.47. The van der Waals surface area contributed by atoms with Crippen LogP contribution in [0.15, 0.2) is 28.9 Å². The monoisotopic (exact) mass is 283 g/mol. The Kier molecular flexibility index (Phi) is 3.48. The van der Waals surface area contributed by atoms with Crippen molar-refractivity contribution in [2.75, 3.05) is 0 Å². The van der Waals surface area contributed by atoms with Crippen molar-refractivity contribution in [3.8, 4) is 0 Å². The molecule has 1 aliphatic heterocycles. The number of carbonyl (C=O) groups is 1. The van der Waals surface area contributed by atoms with E-state index in [4.69, 9.17) is 4.42 Å². The highest BCUT2D eigenvalue weighted by molar-refractivity contribution is 5.74. The quantitative estimate of drug-likeness (QED) is 0.898. The van der Waals surface area contributed by atoms with Crippen molar-refractivity contribution in [1.29, 1.82) is 0 Å². The van der Waals surface area contributed by atoms with Crippen LogP contribution in [0.1, 0.15) is 23.8 Å². The van der Waals surface area contributed by atoms with Crippen LogP contribution in [0.3, 0.4) is 0 Å². The largest absolute Gasteiger partial charge is 0.460 e. The zero-order valence-electron chi connectivity index (χ0n) is 11.9. The first kappa shape index (κ1) is 13.4. The summed E-state index contributed by atoms with van der Waals surface area (Å²) < 4.78 is 5.49. The Bertz CT molecular complexity index is 754. The van der Waals surface area contributed by atoms with E-state index in [0.717, 1.165) is 16.3 Å². The number of pyridine rings is 1. The van der Waals surface area contributed by atoms with Gasteiger partial charge in [0.2, 0.25) is 0 Å². The summed E-state index contributed by atoms with van der Waals surface area (Å²) in [6.45, 7) is 7.33. The number of nitrogens with zero attached hydrogens (tertiary/aromatic N) is 2. The van der Waals surface area contributed by atoms with Crippen molar-refractivity contribution in [2.24, 2.45) is 0 Å².